The fraction of sp³-hybridized carbons (Fsp3) is 0.364. The number of nitrogens with zero attached hydrogens (tertiary/aromatic N) is 1. The van der Waals surface area contributed by atoms with Crippen molar-refractivity contribution in [2.24, 2.45) is 0 Å². The van der Waals surface area contributed by atoms with Crippen molar-refractivity contribution < 1.29 is 0 Å². The van der Waals surface area contributed by atoms with Crippen LogP contribution in [-0.4, -0.2) is 24.1 Å². The van der Waals surface area contributed by atoms with Crippen LogP contribution in [0, 0.1) is 0 Å². The summed E-state index contributed by atoms with van der Waals surface area (Å²) in [4.78, 5) is 2.05. The highest BCUT2D eigenvalue weighted by atomic mass is 32.1. The highest BCUT2D eigenvalue weighted by Crippen LogP contribution is 2.17. The largest absolute Gasteiger partial charge is 0.366 e. The van der Waals surface area contributed by atoms with Crippen molar-refractivity contribution in [2.45, 2.75) is 13.0 Å². The van der Waals surface area contributed by atoms with Gasteiger partial charge in [0.1, 0.15) is 0 Å². The van der Waals surface area contributed by atoms with Gasteiger partial charge in [0.05, 0.1) is 6.04 Å². The van der Waals surface area contributed by atoms with Gasteiger partial charge in [-0.05, 0) is 24.7 Å². The van der Waals surface area contributed by atoms with Crippen molar-refractivity contribution in [3.05, 3.63) is 35.9 Å². The van der Waals surface area contributed by atoms with Crippen LogP contribution >= 0.6 is 12.2 Å². The second-order valence-corrected chi connectivity index (χ2v) is 3.64. The molecule has 0 aromatic heterocycles. The molecule has 0 heterocycles. The zero-order chi connectivity index (χ0) is 10.6. The zero-order valence-electron chi connectivity index (χ0n) is 8.82. The van der Waals surface area contributed by atoms with Crippen LogP contribution in [0.5, 0.6) is 0 Å². The second kappa shape index (κ2) is 4.96. The van der Waals surface area contributed by atoms with Gasteiger partial charge in [0.15, 0.2) is 5.11 Å². The lowest BCUT2D eigenvalue weighted by molar-refractivity contribution is 0.399. The number of nitrogens with one attached hydrogen (secondary N) is 1. The van der Waals surface area contributed by atoms with Gasteiger partial charge in [-0.15, -0.1) is 0 Å². The van der Waals surface area contributed by atoms with Crippen molar-refractivity contribution in [3.63, 3.8) is 0 Å². The van der Waals surface area contributed by atoms with E-state index in [1.165, 1.54) is 5.56 Å². The summed E-state index contributed by atoms with van der Waals surface area (Å²) < 4.78 is 0. The van der Waals surface area contributed by atoms with Crippen LogP contribution in [0.3, 0.4) is 0 Å². The molecule has 0 aliphatic carbocycles. The van der Waals surface area contributed by atoms with Crippen LogP contribution < -0.4 is 5.32 Å². The van der Waals surface area contributed by atoms with E-state index in [-0.39, 0.29) is 0 Å². The first-order chi connectivity index (χ1) is 6.66. The van der Waals surface area contributed by atoms with E-state index in [0.29, 0.717) is 6.04 Å². The summed E-state index contributed by atoms with van der Waals surface area (Å²) in [6.07, 6.45) is 0. The number of thiocarbonyl (C=S) groups is 1. The molecular formula is C11H16N2S. The zero-order valence-corrected chi connectivity index (χ0v) is 9.64. The Hall–Kier alpha value is -1.09. The van der Waals surface area contributed by atoms with Crippen molar-refractivity contribution in [2.75, 3.05) is 14.1 Å². The van der Waals surface area contributed by atoms with Gasteiger partial charge >= 0.3 is 0 Å². The fourth-order valence-electron chi connectivity index (χ4n) is 1.31. The molecule has 1 atom stereocenters. The molecule has 1 N–H and O–H groups in total. The Balaban J connectivity index is 2.75. The van der Waals surface area contributed by atoms with E-state index in [1.807, 2.05) is 37.2 Å². The first kappa shape index (κ1) is 11.0. The molecule has 3 heteroatoms. The highest BCUT2D eigenvalue weighted by Gasteiger charge is 2.12. The maximum atomic E-state index is 5.17. The minimum atomic E-state index is 0.302. The molecular weight excluding hydrogens is 192 g/mol. The Morgan fingerprint density at radius 2 is 1.93 bits per heavy atom. The number of hydrogen-bond acceptors (Lipinski definition) is 1. The van der Waals surface area contributed by atoms with E-state index >= 15 is 0 Å². The summed E-state index contributed by atoms with van der Waals surface area (Å²) in [5.74, 6) is 0. The SMILES string of the molecule is CNC(=S)N(C)C(C)c1ccccc1. The third-order valence-corrected chi connectivity index (χ3v) is 2.89. The quantitative estimate of drug-likeness (QED) is 0.750. The summed E-state index contributed by atoms with van der Waals surface area (Å²) in [6, 6.07) is 10.6. The maximum Gasteiger partial charge on any atom is 0.168 e. The lowest BCUT2D eigenvalue weighted by Crippen LogP contribution is -2.36. The Morgan fingerprint density at radius 1 is 1.36 bits per heavy atom. The summed E-state index contributed by atoms with van der Waals surface area (Å²) in [7, 11) is 3.84. The molecule has 0 spiro atoms. The van der Waals surface area contributed by atoms with Crippen LogP contribution in [0.2, 0.25) is 0 Å². The number of rotatable bonds is 2. The van der Waals surface area contributed by atoms with Crippen LogP contribution in [0.4, 0.5) is 0 Å². The summed E-state index contributed by atoms with van der Waals surface area (Å²) in [6.45, 7) is 2.14. The Bertz CT molecular complexity index is 297. The molecule has 0 aliphatic rings. The Morgan fingerprint density at radius 3 is 2.43 bits per heavy atom. The van der Waals surface area contributed by atoms with Gasteiger partial charge in [-0.25, -0.2) is 0 Å². The molecule has 14 heavy (non-hydrogen) atoms. The molecule has 76 valence electrons. The molecule has 1 aromatic rings. The van der Waals surface area contributed by atoms with Gasteiger partial charge in [0, 0.05) is 14.1 Å². The van der Waals surface area contributed by atoms with Crippen LogP contribution in [-0.2, 0) is 0 Å². The van der Waals surface area contributed by atoms with E-state index in [0.717, 1.165) is 5.11 Å². The average molecular weight is 208 g/mol. The van der Waals surface area contributed by atoms with Crippen molar-refractivity contribution in [3.8, 4) is 0 Å². The molecule has 2 nitrogen and oxygen atoms in total. The Labute approximate surface area is 90.9 Å². The van der Waals surface area contributed by atoms with E-state index in [4.69, 9.17) is 12.2 Å². The number of hydrogen-bond donors (Lipinski definition) is 1. The predicted octanol–water partition coefficient (Wildman–Crippen LogP) is 2.18. The van der Waals surface area contributed by atoms with Crippen LogP contribution in [0.1, 0.15) is 18.5 Å². The average Bonchev–Trinajstić information content (AvgIpc) is 2.27. The third kappa shape index (κ3) is 2.45. The van der Waals surface area contributed by atoms with E-state index < -0.39 is 0 Å². The lowest BCUT2D eigenvalue weighted by Gasteiger charge is -2.27. The van der Waals surface area contributed by atoms with Crippen LogP contribution in [0.15, 0.2) is 30.3 Å². The van der Waals surface area contributed by atoms with Crippen molar-refractivity contribution >= 4 is 17.3 Å². The molecule has 1 aromatic carbocycles. The van der Waals surface area contributed by atoms with Gasteiger partial charge in [-0.2, -0.15) is 0 Å². The van der Waals surface area contributed by atoms with Crippen LogP contribution in [0.25, 0.3) is 0 Å². The van der Waals surface area contributed by atoms with Gasteiger partial charge in [0.25, 0.3) is 0 Å². The summed E-state index contributed by atoms with van der Waals surface area (Å²) >= 11 is 5.17. The number of benzene rings is 1. The second-order valence-electron chi connectivity index (χ2n) is 3.25. The smallest absolute Gasteiger partial charge is 0.168 e. The van der Waals surface area contributed by atoms with Gasteiger partial charge in [-0.1, -0.05) is 30.3 Å². The van der Waals surface area contributed by atoms with E-state index in [1.54, 1.807) is 0 Å². The monoisotopic (exact) mass is 208 g/mol. The molecule has 0 bridgehead atoms. The first-order valence-electron chi connectivity index (χ1n) is 4.66. The normalized spacial score (nSPS) is 11.9. The fourth-order valence-corrected chi connectivity index (χ4v) is 1.47. The molecule has 0 saturated carbocycles. The summed E-state index contributed by atoms with van der Waals surface area (Å²) in [5.41, 5.74) is 1.27. The Kier molecular flexibility index (Phi) is 3.89. The highest BCUT2D eigenvalue weighted by molar-refractivity contribution is 7.80. The van der Waals surface area contributed by atoms with Gasteiger partial charge in [-0.3, -0.25) is 0 Å². The molecule has 1 unspecified atom stereocenters. The van der Waals surface area contributed by atoms with E-state index in [9.17, 15) is 0 Å². The lowest BCUT2D eigenvalue weighted by atomic mass is 10.1. The summed E-state index contributed by atoms with van der Waals surface area (Å²) in [5, 5.41) is 3.74. The van der Waals surface area contributed by atoms with Gasteiger partial charge in [0.2, 0.25) is 0 Å². The molecule has 0 aliphatic heterocycles. The third-order valence-electron chi connectivity index (χ3n) is 2.40. The van der Waals surface area contributed by atoms with Gasteiger partial charge < -0.3 is 10.2 Å². The van der Waals surface area contributed by atoms with Crippen molar-refractivity contribution in [1.29, 1.82) is 0 Å². The molecule has 0 fully saturated rings. The standard InChI is InChI=1S/C11H16N2S/c1-9(13(3)11(14)12-2)10-7-5-4-6-8-10/h4-9H,1-3H3,(H,12,14). The molecule has 1 rings (SSSR count). The topological polar surface area (TPSA) is 15.3 Å². The molecule has 0 saturated heterocycles. The predicted molar refractivity (Wildman–Crippen MR) is 64.3 cm³/mol. The first-order valence-corrected chi connectivity index (χ1v) is 5.07. The minimum absolute atomic E-state index is 0.302. The molecule has 0 radical (unpaired) electrons. The molecule has 0 amide bonds. The van der Waals surface area contributed by atoms with Crippen molar-refractivity contribution in [1.82, 2.24) is 10.2 Å². The minimum Gasteiger partial charge on any atom is -0.366 e. The maximum absolute atomic E-state index is 5.17. The van der Waals surface area contributed by atoms with E-state index in [2.05, 4.69) is 24.4 Å².